The molecule has 1 aliphatic rings. The van der Waals surface area contributed by atoms with Crippen LogP contribution in [-0.2, 0) is 4.79 Å². The van der Waals surface area contributed by atoms with Gasteiger partial charge in [0.15, 0.2) is 0 Å². The number of nitrogens with one attached hydrogen (secondary N) is 1. The zero-order valence-electron chi connectivity index (χ0n) is 11.8. The fourth-order valence-corrected chi connectivity index (χ4v) is 2.64. The molecule has 1 aliphatic heterocycles. The fourth-order valence-electron chi connectivity index (χ4n) is 2.64. The van der Waals surface area contributed by atoms with Crippen LogP contribution in [0.5, 0.6) is 0 Å². The number of carbonyl (C=O) groups excluding carboxylic acids is 2. The molecule has 0 atom stereocenters. The molecule has 5 heteroatoms. The van der Waals surface area contributed by atoms with E-state index in [0.717, 1.165) is 21.9 Å². The van der Waals surface area contributed by atoms with Crippen molar-refractivity contribution in [1.29, 1.82) is 0 Å². The lowest BCUT2D eigenvalue weighted by Crippen LogP contribution is -2.37. The van der Waals surface area contributed by atoms with Gasteiger partial charge in [-0.1, -0.05) is 18.2 Å². The molecule has 0 unspecified atom stereocenters. The Morgan fingerprint density at radius 1 is 1.29 bits per heavy atom. The maximum absolute atomic E-state index is 12.5. The van der Waals surface area contributed by atoms with E-state index in [1.54, 1.807) is 18.2 Å². The molecule has 1 aromatic carbocycles. The van der Waals surface area contributed by atoms with E-state index in [1.807, 2.05) is 32.0 Å². The molecule has 0 saturated carbocycles. The number of primary amides is 1. The minimum absolute atomic E-state index is 0.393. The van der Waals surface area contributed by atoms with Crippen molar-refractivity contribution in [2.45, 2.75) is 13.8 Å². The largest absolute Gasteiger partial charge is 0.359 e. The molecule has 0 aliphatic carbocycles. The van der Waals surface area contributed by atoms with Gasteiger partial charge in [0.05, 0.1) is 11.3 Å². The number of hydrogen-bond donors (Lipinski definition) is 2. The Morgan fingerprint density at radius 3 is 2.62 bits per heavy atom. The molecule has 5 nitrogen and oxygen atoms in total. The number of benzene rings is 1. The Labute approximate surface area is 122 Å². The van der Waals surface area contributed by atoms with E-state index in [1.165, 1.54) is 0 Å². The number of aryl methyl sites for hydroxylation is 2. The first-order chi connectivity index (χ1) is 9.99. The Hall–Kier alpha value is -2.82. The molecule has 2 aromatic rings. The van der Waals surface area contributed by atoms with Crippen molar-refractivity contribution in [3.05, 3.63) is 52.8 Å². The molecule has 3 rings (SSSR count). The van der Waals surface area contributed by atoms with Crippen LogP contribution in [0, 0.1) is 13.8 Å². The number of hydrogen-bond acceptors (Lipinski definition) is 2. The SMILES string of the molecule is Cc1cc(C)c(/C=C2\C(=O)N(C(N)=O)c3ccccc32)[nH]1. The van der Waals surface area contributed by atoms with Crippen LogP contribution in [0.2, 0.25) is 0 Å². The second-order valence-corrected chi connectivity index (χ2v) is 5.10. The Balaban J connectivity index is 2.18. The van der Waals surface area contributed by atoms with Crippen LogP contribution in [-0.4, -0.2) is 16.9 Å². The van der Waals surface area contributed by atoms with Gasteiger partial charge in [-0.25, -0.2) is 9.69 Å². The number of imide groups is 1. The third kappa shape index (κ3) is 2.03. The van der Waals surface area contributed by atoms with Crippen LogP contribution < -0.4 is 10.6 Å². The first-order valence-electron chi connectivity index (χ1n) is 6.60. The second kappa shape index (κ2) is 4.63. The van der Waals surface area contributed by atoms with Crippen molar-refractivity contribution < 1.29 is 9.59 Å². The van der Waals surface area contributed by atoms with E-state index in [-0.39, 0.29) is 0 Å². The number of fused-ring (bicyclic) bond motifs is 1. The highest BCUT2D eigenvalue weighted by Gasteiger charge is 2.35. The summed E-state index contributed by atoms with van der Waals surface area (Å²) in [6.45, 7) is 3.92. The van der Waals surface area contributed by atoms with Gasteiger partial charge in [0.1, 0.15) is 0 Å². The van der Waals surface area contributed by atoms with E-state index in [2.05, 4.69) is 4.98 Å². The number of anilines is 1. The van der Waals surface area contributed by atoms with E-state index in [9.17, 15) is 9.59 Å². The van der Waals surface area contributed by atoms with Crippen LogP contribution in [0.4, 0.5) is 10.5 Å². The van der Waals surface area contributed by atoms with Gasteiger partial charge in [-0.15, -0.1) is 0 Å². The number of rotatable bonds is 1. The molecule has 0 radical (unpaired) electrons. The van der Waals surface area contributed by atoms with E-state index >= 15 is 0 Å². The summed E-state index contributed by atoms with van der Waals surface area (Å²) in [6, 6.07) is 8.37. The van der Waals surface area contributed by atoms with E-state index < -0.39 is 11.9 Å². The summed E-state index contributed by atoms with van der Waals surface area (Å²) in [7, 11) is 0. The molecular weight excluding hydrogens is 266 g/mol. The van der Waals surface area contributed by atoms with Crippen LogP contribution >= 0.6 is 0 Å². The molecule has 0 saturated heterocycles. The number of para-hydroxylation sites is 1. The summed E-state index contributed by atoms with van der Waals surface area (Å²) in [5.74, 6) is -0.393. The number of carbonyl (C=O) groups is 2. The predicted octanol–water partition coefficient (Wildman–Crippen LogP) is 2.60. The minimum Gasteiger partial charge on any atom is -0.359 e. The highest BCUT2D eigenvalue weighted by molar-refractivity contribution is 6.41. The van der Waals surface area contributed by atoms with Gasteiger partial charge in [0, 0.05) is 17.0 Å². The van der Waals surface area contributed by atoms with Crippen LogP contribution in [0.25, 0.3) is 11.6 Å². The molecule has 3 N–H and O–H groups in total. The maximum Gasteiger partial charge on any atom is 0.326 e. The topological polar surface area (TPSA) is 79.2 Å². The van der Waals surface area contributed by atoms with Gasteiger partial charge in [-0.2, -0.15) is 0 Å². The van der Waals surface area contributed by atoms with Crippen LogP contribution in [0.1, 0.15) is 22.5 Å². The lowest BCUT2D eigenvalue weighted by atomic mass is 10.1. The van der Waals surface area contributed by atoms with Gasteiger partial charge in [0.2, 0.25) is 0 Å². The summed E-state index contributed by atoms with van der Waals surface area (Å²) in [6.07, 6.45) is 1.77. The third-order valence-electron chi connectivity index (χ3n) is 3.57. The van der Waals surface area contributed by atoms with Gasteiger partial charge < -0.3 is 10.7 Å². The summed E-state index contributed by atoms with van der Waals surface area (Å²) in [5.41, 5.74) is 9.96. The first-order valence-corrected chi connectivity index (χ1v) is 6.60. The van der Waals surface area contributed by atoms with Crippen molar-refractivity contribution in [1.82, 2.24) is 4.98 Å². The van der Waals surface area contributed by atoms with Crippen molar-refractivity contribution in [2.24, 2.45) is 5.73 Å². The van der Waals surface area contributed by atoms with Gasteiger partial charge in [-0.3, -0.25) is 4.79 Å². The number of H-pyrrole nitrogens is 1. The van der Waals surface area contributed by atoms with Crippen LogP contribution in [0.15, 0.2) is 30.3 Å². The Bertz CT molecular complexity index is 787. The van der Waals surface area contributed by atoms with Crippen molar-refractivity contribution in [3.63, 3.8) is 0 Å². The molecule has 2 heterocycles. The zero-order chi connectivity index (χ0) is 15.1. The fraction of sp³-hybridized carbons (Fsp3) is 0.125. The van der Waals surface area contributed by atoms with Gasteiger partial charge in [-0.05, 0) is 37.6 Å². The molecular formula is C16H15N3O2. The monoisotopic (exact) mass is 281 g/mol. The zero-order valence-corrected chi connectivity index (χ0v) is 11.8. The molecule has 3 amide bonds. The summed E-state index contributed by atoms with van der Waals surface area (Å²) >= 11 is 0. The first kappa shape index (κ1) is 13.2. The normalized spacial score (nSPS) is 15.6. The number of nitrogens with zero attached hydrogens (tertiary/aromatic N) is 1. The predicted molar refractivity (Wildman–Crippen MR) is 81.6 cm³/mol. The molecule has 0 fully saturated rings. The highest BCUT2D eigenvalue weighted by atomic mass is 16.2. The minimum atomic E-state index is -0.768. The molecule has 21 heavy (non-hydrogen) atoms. The Morgan fingerprint density at radius 2 is 2.00 bits per heavy atom. The van der Waals surface area contributed by atoms with Crippen LogP contribution in [0.3, 0.4) is 0 Å². The number of urea groups is 1. The number of amides is 3. The molecule has 1 aromatic heterocycles. The summed E-state index contributed by atoms with van der Waals surface area (Å²) in [4.78, 5) is 28.2. The van der Waals surface area contributed by atoms with E-state index in [0.29, 0.717) is 16.8 Å². The third-order valence-corrected chi connectivity index (χ3v) is 3.57. The average Bonchev–Trinajstić information content (AvgIpc) is 2.88. The van der Waals surface area contributed by atoms with Crippen molar-refractivity contribution >= 4 is 29.3 Å². The molecule has 106 valence electrons. The highest BCUT2D eigenvalue weighted by Crippen LogP contribution is 2.37. The van der Waals surface area contributed by atoms with Gasteiger partial charge >= 0.3 is 6.03 Å². The standard InChI is InChI=1S/C16H15N3O2/c1-9-7-10(2)18-13(9)8-12-11-5-3-4-6-14(11)19(15(12)20)16(17)21/h3-8,18H,1-2H3,(H2,17,21)/b12-8-. The molecule has 0 bridgehead atoms. The number of aromatic nitrogens is 1. The number of nitrogens with two attached hydrogens (primary N) is 1. The smallest absolute Gasteiger partial charge is 0.326 e. The maximum atomic E-state index is 12.5. The average molecular weight is 281 g/mol. The van der Waals surface area contributed by atoms with Gasteiger partial charge in [0.25, 0.3) is 5.91 Å². The second-order valence-electron chi connectivity index (χ2n) is 5.10. The Kier molecular flexibility index (Phi) is 2.90. The van der Waals surface area contributed by atoms with Crippen molar-refractivity contribution in [2.75, 3.05) is 4.90 Å². The lowest BCUT2D eigenvalue weighted by Gasteiger charge is -2.10. The summed E-state index contributed by atoms with van der Waals surface area (Å²) < 4.78 is 0. The number of aromatic amines is 1. The van der Waals surface area contributed by atoms with E-state index in [4.69, 9.17) is 5.73 Å². The van der Waals surface area contributed by atoms with Crippen molar-refractivity contribution in [3.8, 4) is 0 Å². The quantitative estimate of drug-likeness (QED) is 0.788. The summed E-state index contributed by atoms with van der Waals surface area (Å²) in [5, 5.41) is 0. The molecule has 0 spiro atoms. The lowest BCUT2D eigenvalue weighted by molar-refractivity contribution is -0.112.